The highest BCUT2D eigenvalue weighted by Gasteiger charge is 2.14. The van der Waals surface area contributed by atoms with Crippen molar-refractivity contribution in [1.82, 2.24) is 14.4 Å². The average Bonchev–Trinajstić information content (AvgIpc) is 2.99. The molecule has 0 aliphatic rings. The van der Waals surface area contributed by atoms with Crippen molar-refractivity contribution < 1.29 is 9.84 Å². The molecule has 0 aliphatic carbocycles. The highest BCUT2D eigenvalue weighted by atomic mass is 16.5. The lowest BCUT2D eigenvalue weighted by Crippen LogP contribution is -1.96. The monoisotopic (exact) mass is 291 g/mol. The smallest absolute Gasteiger partial charge is 0.258 e. The number of para-hydroxylation sites is 3. The second kappa shape index (κ2) is 4.73. The molecule has 5 heteroatoms. The second-order valence-electron chi connectivity index (χ2n) is 4.95. The minimum atomic E-state index is 0.196. The SMILES string of the molecule is COc1nc2ccccc2n2cc(-c3ccccc3O)nc12. The van der Waals surface area contributed by atoms with Gasteiger partial charge in [-0.15, -0.1) is 0 Å². The van der Waals surface area contributed by atoms with E-state index in [1.54, 1.807) is 19.2 Å². The first-order valence-corrected chi connectivity index (χ1v) is 6.88. The third-order valence-corrected chi connectivity index (χ3v) is 3.63. The highest BCUT2D eigenvalue weighted by molar-refractivity contribution is 5.81. The van der Waals surface area contributed by atoms with Crippen molar-refractivity contribution in [2.75, 3.05) is 7.11 Å². The molecule has 4 aromatic rings. The van der Waals surface area contributed by atoms with Crippen molar-refractivity contribution in [3.05, 3.63) is 54.7 Å². The standard InChI is InChI=1S/C17H13N3O2/c1-22-17-16-18-13(11-6-2-5-9-15(11)21)10-20(16)14-8-4-3-7-12(14)19-17/h2-10,21H,1H3. The van der Waals surface area contributed by atoms with E-state index in [2.05, 4.69) is 9.97 Å². The number of aromatic hydroxyl groups is 1. The van der Waals surface area contributed by atoms with Gasteiger partial charge in [-0.1, -0.05) is 24.3 Å². The molecule has 0 aliphatic heterocycles. The fourth-order valence-electron chi connectivity index (χ4n) is 2.59. The summed E-state index contributed by atoms with van der Waals surface area (Å²) >= 11 is 0. The predicted octanol–water partition coefficient (Wildman–Crippen LogP) is 3.26. The summed E-state index contributed by atoms with van der Waals surface area (Å²) in [4.78, 5) is 9.06. The van der Waals surface area contributed by atoms with Gasteiger partial charge in [0, 0.05) is 11.8 Å². The van der Waals surface area contributed by atoms with Crippen LogP contribution in [0.2, 0.25) is 0 Å². The normalized spacial score (nSPS) is 11.1. The molecule has 0 unspecified atom stereocenters. The maximum Gasteiger partial charge on any atom is 0.258 e. The summed E-state index contributed by atoms with van der Waals surface area (Å²) in [5.74, 6) is 0.655. The van der Waals surface area contributed by atoms with E-state index in [1.807, 2.05) is 47.0 Å². The molecule has 0 radical (unpaired) electrons. The molecule has 0 fully saturated rings. The highest BCUT2D eigenvalue weighted by Crippen LogP contribution is 2.31. The summed E-state index contributed by atoms with van der Waals surface area (Å²) in [6, 6.07) is 14.9. The Morgan fingerprint density at radius 2 is 1.77 bits per heavy atom. The number of hydrogen-bond donors (Lipinski definition) is 1. The van der Waals surface area contributed by atoms with E-state index in [1.165, 1.54) is 0 Å². The lowest BCUT2D eigenvalue weighted by Gasteiger charge is -2.04. The molecule has 1 N–H and O–H groups in total. The number of phenolic OH excluding ortho intramolecular Hbond substituents is 1. The molecule has 0 amide bonds. The van der Waals surface area contributed by atoms with Gasteiger partial charge in [-0.25, -0.2) is 9.97 Å². The van der Waals surface area contributed by atoms with Gasteiger partial charge in [-0.2, -0.15) is 0 Å². The van der Waals surface area contributed by atoms with Crippen molar-refractivity contribution in [1.29, 1.82) is 0 Å². The summed E-state index contributed by atoms with van der Waals surface area (Å²) < 4.78 is 7.29. The van der Waals surface area contributed by atoms with Gasteiger partial charge in [-0.3, -0.25) is 4.40 Å². The Hall–Kier alpha value is -3.08. The molecule has 2 aromatic heterocycles. The van der Waals surface area contributed by atoms with Crippen LogP contribution in [0, 0.1) is 0 Å². The molecule has 5 nitrogen and oxygen atoms in total. The van der Waals surface area contributed by atoms with E-state index in [0.717, 1.165) is 11.0 Å². The Morgan fingerprint density at radius 1 is 1.00 bits per heavy atom. The Balaban J connectivity index is 2.08. The van der Waals surface area contributed by atoms with Gasteiger partial charge < -0.3 is 9.84 Å². The zero-order chi connectivity index (χ0) is 15.1. The zero-order valence-electron chi connectivity index (χ0n) is 11.9. The van der Waals surface area contributed by atoms with E-state index in [9.17, 15) is 5.11 Å². The summed E-state index contributed by atoms with van der Waals surface area (Å²) in [5.41, 5.74) is 3.74. The van der Waals surface area contributed by atoms with E-state index in [0.29, 0.717) is 22.8 Å². The Labute approximate surface area is 126 Å². The third-order valence-electron chi connectivity index (χ3n) is 3.63. The lowest BCUT2D eigenvalue weighted by atomic mass is 10.1. The van der Waals surface area contributed by atoms with E-state index in [4.69, 9.17) is 4.74 Å². The van der Waals surface area contributed by atoms with Crippen molar-refractivity contribution in [2.45, 2.75) is 0 Å². The number of rotatable bonds is 2. The van der Waals surface area contributed by atoms with Crippen LogP contribution in [0.15, 0.2) is 54.7 Å². The molecule has 0 saturated heterocycles. The molecule has 2 heterocycles. The van der Waals surface area contributed by atoms with Crippen molar-refractivity contribution in [2.24, 2.45) is 0 Å². The molecule has 0 spiro atoms. The third kappa shape index (κ3) is 1.79. The van der Waals surface area contributed by atoms with E-state index >= 15 is 0 Å². The number of phenols is 1. The van der Waals surface area contributed by atoms with Crippen LogP contribution in [0.4, 0.5) is 0 Å². The summed E-state index contributed by atoms with van der Waals surface area (Å²) in [6.45, 7) is 0. The number of fused-ring (bicyclic) bond motifs is 3. The van der Waals surface area contributed by atoms with E-state index in [-0.39, 0.29) is 5.75 Å². The van der Waals surface area contributed by atoms with Crippen molar-refractivity contribution in [3.63, 3.8) is 0 Å². The molecule has 108 valence electrons. The van der Waals surface area contributed by atoms with Crippen LogP contribution in [-0.4, -0.2) is 26.6 Å². The van der Waals surface area contributed by atoms with Crippen LogP contribution in [-0.2, 0) is 0 Å². The van der Waals surface area contributed by atoms with E-state index < -0.39 is 0 Å². The number of nitrogens with zero attached hydrogens (tertiary/aromatic N) is 3. The number of benzene rings is 2. The largest absolute Gasteiger partial charge is 0.507 e. The van der Waals surface area contributed by atoms with Crippen LogP contribution in [0.3, 0.4) is 0 Å². The Bertz CT molecular complexity index is 992. The molecule has 0 atom stereocenters. The number of imidazole rings is 1. The van der Waals surface area contributed by atoms with Gasteiger partial charge in [0.05, 0.1) is 23.8 Å². The first kappa shape index (κ1) is 12.6. The molecule has 22 heavy (non-hydrogen) atoms. The van der Waals surface area contributed by atoms with Crippen LogP contribution in [0.1, 0.15) is 0 Å². The predicted molar refractivity (Wildman–Crippen MR) is 84.1 cm³/mol. The molecule has 4 rings (SSSR count). The average molecular weight is 291 g/mol. The van der Waals surface area contributed by atoms with Crippen LogP contribution < -0.4 is 4.74 Å². The summed E-state index contributed by atoms with van der Waals surface area (Å²) in [6.07, 6.45) is 1.89. The number of hydrogen-bond acceptors (Lipinski definition) is 4. The molecule has 0 bridgehead atoms. The van der Waals surface area contributed by atoms with Gasteiger partial charge in [0.2, 0.25) is 5.65 Å². The van der Waals surface area contributed by atoms with Gasteiger partial charge in [0.1, 0.15) is 5.75 Å². The molecule has 0 saturated carbocycles. The quantitative estimate of drug-likeness (QED) is 0.616. The first-order chi connectivity index (χ1) is 10.8. The zero-order valence-corrected chi connectivity index (χ0v) is 11.9. The number of ether oxygens (including phenoxy) is 1. The topological polar surface area (TPSA) is 59.7 Å². The van der Waals surface area contributed by atoms with Gasteiger partial charge in [-0.05, 0) is 24.3 Å². The fraction of sp³-hybridized carbons (Fsp3) is 0.0588. The minimum Gasteiger partial charge on any atom is -0.507 e. The van der Waals surface area contributed by atoms with Crippen molar-refractivity contribution >= 4 is 16.7 Å². The maximum absolute atomic E-state index is 10.0. The maximum atomic E-state index is 10.0. The lowest BCUT2D eigenvalue weighted by molar-refractivity contribution is 0.402. The molecule has 2 aromatic carbocycles. The van der Waals surface area contributed by atoms with Crippen molar-refractivity contribution in [3.8, 4) is 22.9 Å². The first-order valence-electron chi connectivity index (χ1n) is 6.88. The second-order valence-corrected chi connectivity index (χ2v) is 4.95. The molecular formula is C17H13N3O2. The Morgan fingerprint density at radius 3 is 2.59 bits per heavy atom. The fourth-order valence-corrected chi connectivity index (χ4v) is 2.59. The van der Waals surface area contributed by atoms with Gasteiger partial charge in [0.25, 0.3) is 5.88 Å². The van der Waals surface area contributed by atoms with Crippen LogP contribution in [0.25, 0.3) is 27.9 Å². The van der Waals surface area contributed by atoms with Gasteiger partial charge in [0.15, 0.2) is 0 Å². The van der Waals surface area contributed by atoms with Crippen LogP contribution >= 0.6 is 0 Å². The number of aromatic nitrogens is 3. The summed E-state index contributed by atoms with van der Waals surface area (Å²) in [7, 11) is 1.57. The minimum absolute atomic E-state index is 0.196. The van der Waals surface area contributed by atoms with Gasteiger partial charge >= 0.3 is 0 Å². The van der Waals surface area contributed by atoms with Crippen LogP contribution in [0.5, 0.6) is 11.6 Å². The molecular weight excluding hydrogens is 278 g/mol. The number of methoxy groups -OCH3 is 1. The summed E-state index contributed by atoms with van der Waals surface area (Å²) in [5, 5.41) is 10.0. The Kier molecular flexibility index (Phi) is 2.72.